The molecule has 0 radical (unpaired) electrons. The quantitative estimate of drug-likeness (QED) is 0.597. The first-order valence-corrected chi connectivity index (χ1v) is 3.45. The highest BCUT2D eigenvalue weighted by Gasteiger charge is 2.06. The fourth-order valence-corrected chi connectivity index (χ4v) is 0.601. The van der Waals surface area contributed by atoms with Crippen LogP contribution in [0.25, 0.3) is 0 Å². The predicted octanol–water partition coefficient (Wildman–Crippen LogP) is -0.146. The van der Waals surface area contributed by atoms with Crippen LogP contribution in [0.5, 0.6) is 0 Å². The summed E-state index contributed by atoms with van der Waals surface area (Å²) in [5.74, 6) is 0.0712. The largest absolute Gasteiger partial charge is 0.321 e. The van der Waals surface area contributed by atoms with E-state index >= 15 is 0 Å². The van der Waals surface area contributed by atoms with Crippen LogP contribution in [0.1, 0.15) is 13.3 Å². The molecule has 0 aliphatic heterocycles. The van der Waals surface area contributed by atoms with Gasteiger partial charge in [0.1, 0.15) is 5.78 Å². The normalized spacial score (nSPS) is 13.7. The zero-order valence-electron chi connectivity index (χ0n) is 6.92. The van der Waals surface area contributed by atoms with Gasteiger partial charge in [-0.3, -0.25) is 4.79 Å². The van der Waals surface area contributed by atoms with Crippen molar-refractivity contribution in [2.45, 2.75) is 19.4 Å². The standard InChI is InChI=1S/C7H16N2O/c1-6(10)7(8)4-5-9(2)3/h7H,4-5,8H2,1-3H3/t7-/m0/s1. The smallest absolute Gasteiger partial charge is 0.146 e. The summed E-state index contributed by atoms with van der Waals surface area (Å²) in [4.78, 5) is 12.6. The van der Waals surface area contributed by atoms with Gasteiger partial charge in [-0.05, 0) is 34.0 Å². The lowest BCUT2D eigenvalue weighted by molar-refractivity contribution is -0.118. The average molecular weight is 144 g/mol. The molecule has 0 saturated carbocycles. The molecule has 0 aliphatic carbocycles. The summed E-state index contributed by atoms with van der Waals surface area (Å²) in [6.45, 7) is 2.40. The van der Waals surface area contributed by atoms with Crippen molar-refractivity contribution in [3.63, 3.8) is 0 Å². The molecule has 0 unspecified atom stereocenters. The summed E-state index contributed by atoms with van der Waals surface area (Å²) in [5, 5.41) is 0. The van der Waals surface area contributed by atoms with Crippen LogP contribution in [-0.2, 0) is 4.79 Å². The van der Waals surface area contributed by atoms with Crippen LogP contribution < -0.4 is 5.73 Å². The van der Waals surface area contributed by atoms with Gasteiger partial charge in [0.15, 0.2) is 0 Å². The summed E-state index contributed by atoms with van der Waals surface area (Å²) >= 11 is 0. The fourth-order valence-electron chi connectivity index (χ4n) is 0.601. The Morgan fingerprint density at radius 3 is 2.40 bits per heavy atom. The molecule has 0 aliphatic rings. The summed E-state index contributed by atoms with van der Waals surface area (Å²) in [6.07, 6.45) is 0.752. The van der Waals surface area contributed by atoms with Crippen molar-refractivity contribution < 1.29 is 4.79 Å². The number of nitrogens with zero attached hydrogens (tertiary/aromatic N) is 1. The molecule has 0 fully saturated rings. The molecule has 60 valence electrons. The molecule has 0 heterocycles. The highest BCUT2D eigenvalue weighted by atomic mass is 16.1. The second kappa shape index (κ2) is 4.41. The number of rotatable bonds is 4. The molecule has 0 saturated heterocycles. The number of carbonyl (C=O) groups excluding carboxylic acids is 1. The van der Waals surface area contributed by atoms with Crippen molar-refractivity contribution >= 4 is 5.78 Å². The van der Waals surface area contributed by atoms with Gasteiger partial charge in [0, 0.05) is 0 Å². The van der Waals surface area contributed by atoms with E-state index in [2.05, 4.69) is 0 Å². The summed E-state index contributed by atoms with van der Waals surface area (Å²) in [5.41, 5.74) is 5.49. The van der Waals surface area contributed by atoms with E-state index in [-0.39, 0.29) is 11.8 Å². The molecule has 0 rings (SSSR count). The minimum atomic E-state index is -0.276. The number of hydrogen-bond donors (Lipinski definition) is 1. The van der Waals surface area contributed by atoms with Gasteiger partial charge in [0.05, 0.1) is 6.04 Å². The molecular weight excluding hydrogens is 128 g/mol. The van der Waals surface area contributed by atoms with Crippen LogP contribution in [0.4, 0.5) is 0 Å². The van der Waals surface area contributed by atoms with Crippen molar-refractivity contribution in [2.75, 3.05) is 20.6 Å². The highest BCUT2D eigenvalue weighted by Crippen LogP contribution is 1.90. The Kier molecular flexibility index (Phi) is 4.23. The van der Waals surface area contributed by atoms with E-state index in [1.807, 2.05) is 19.0 Å². The number of Topliss-reactive ketones (excluding diaryl/α,β-unsaturated/α-hetero) is 1. The second-order valence-electron chi connectivity index (χ2n) is 2.81. The molecule has 0 spiro atoms. The van der Waals surface area contributed by atoms with Crippen LogP contribution >= 0.6 is 0 Å². The number of hydrogen-bond acceptors (Lipinski definition) is 3. The summed E-state index contributed by atoms with van der Waals surface area (Å²) in [7, 11) is 3.93. The van der Waals surface area contributed by atoms with Crippen molar-refractivity contribution in [2.24, 2.45) is 5.73 Å². The van der Waals surface area contributed by atoms with Crippen LogP contribution in [0.15, 0.2) is 0 Å². The first-order chi connectivity index (χ1) is 4.54. The molecule has 3 heteroatoms. The lowest BCUT2D eigenvalue weighted by Gasteiger charge is -2.11. The third kappa shape index (κ3) is 4.47. The molecule has 10 heavy (non-hydrogen) atoms. The van der Waals surface area contributed by atoms with Crippen LogP contribution in [0.3, 0.4) is 0 Å². The van der Waals surface area contributed by atoms with E-state index in [0.717, 1.165) is 13.0 Å². The molecule has 2 N–H and O–H groups in total. The van der Waals surface area contributed by atoms with E-state index in [9.17, 15) is 4.79 Å². The molecule has 0 aromatic rings. The van der Waals surface area contributed by atoms with Gasteiger partial charge >= 0.3 is 0 Å². The van der Waals surface area contributed by atoms with Crippen molar-refractivity contribution in [1.29, 1.82) is 0 Å². The minimum Gasteiger partial charge on any atom is -0.321 e. The maximum atomic E-state index is 10.6. The van der Waals surface area contributed by atoms with Crippen LogP contribution in [-0.4, -0.2) is 37.4 Å². The van der Waals surface area contributed by atoms with Gasteiger partial charge in [-0.15, -0.1) is 0 Å². The third-order valence-electron chi connectivity index (χ3n) is 1.41. The third-order valence-corrected chi connectivity index (χ3v) is 1.41. The number of ketones is 1. The Morgan fingerprint density at radius 2 is 2.10 bits per heavy atom. The maximum Gasteiger partial charge on any atom is 0.146 e. The summed E-state index contributed by atoms with van der Waals surface area (Å²) in [6, 6.07) is -0.276. The second-order valence-corrected chi connectivity index (χ2v) is 2.81. The van der Waals surface area contributed by atoms with Gasteiger partial charge in [0.25, 0.3) is 0 Å². The van der Waals surface area contributed by atoms with Crippen LogP contribution in [0, 0.1) is 0 Å². The highest BCUT2D eigenvalue weighted by molar-refractivity contribution is 5.81. The Hall–Kier alpha value is -0.410. The Bertz CT molecular complexity index is 112. The van der Waals surface area contributed by atoms with Gasteiger partial charge in [-0.25, -0.2) is 0 Å². The van der Waals surface area contributed by atoms with E-state index in [0.29, 0.717) is 0 Å². The zero-order valence-corrected chi connectivity index (χ0v) is 6.92. The lowest BCUT2D eigenvalue weighted by Crippen LogP contribution is -2.31. The van der Waals surface area contributed by atoms with Crippen LogP contribution in [0.2, 0.25) is 0 Å². The van der Waals surface area contributed by atoms with E-state index in [1.165, 1.54) is 6.92 Å². The van der Waals surface area contributed by atoms with E-state index < -0.39 is 0 Å². The Balaban J connectivity index is 3.40. The van der Waals surface area contributed by atoms with Gasteiger partial charge in [-0.2, -0.15) is 0 Å². The SMILES string of the molecule is CC(=O)[C@@H](N)CCN(C)C. The van der Waals surface area contributed by atoms with Gasteiger partial charge < -0.3 is 10.6 Å². The summed E-state index contributed by atoms with van der Waals surface area (Å²) < 4.78 is 0. The Labute approximate surface area is 62.2 Å². The predicted molar refractivity (Wildman–Crippen MR) is 41.8 cm³/mol. The maximum absolute atomic E-state index is 10.6. The molecule has 0 bridgehead atoms. The number of nitrogens with two attached hydrogens (primary N) is 1. The van der Waals surface area contributed by atoms with E-state index in [4.69, 9.17) is 5.73 Å². The monoisotopic (exact) mass is 144 g/mol. The zero-order chi connectivity index (χ0) is 8.15. The molecule has 3 nitrogen and oxygen atoms in total. The lowest BCUT2D eigenvalue weighted by atomic mass is 10.1. The molecule has 1 atom stereocenters. The van der Waals surface area contributed by atoms with Gasteiger partial charge in [-0.1, -0.05) is 0 Å². The van der Waals surface area contributed by atoms with Crippen molar-refractivity contribution in [1.82, 2.24) is 4.90 Å². The van der Waals surface area contributed by atoms with Crippen molar-refractivity contribution in [3.8, 4) is 0 Å². The minimum absolute atomic E-state index is 0.0712. The number of carbonyl (C=O) groups is 1. The average Bonchev–Trinajstić information content (AvgIpc) is 1.82. The van der Waals surface area contributed by atoms with E-state index in [1.54, 1.807) is 0 Å². The molecular formula is C7H16N2O. The fraction of sp³-hybridized carbons (Fsp3) is 0.857. The van der Waals surface area contributed by atoms with Crippen molar-refractivity contribution in [3.05, 3.63) is 0 Å². The molecule has 0 amide bonds. The first kappa shape index (κ1) is 9.59. The van der Waals surface area contributed by atoms with Gasteiger partial charge in [0.2, 0.25) is 0 Å². The molecule has 0 aromatic carbocycles. The molecule has 0 aromatic heterocycles. The topological polar surface area (TPSA) is 46.3 Å². The Morgan fingerprint density at radius 1 is 1.60 bits per heavy atom. The first-order valence-electron chi connectivity index (χ1n) is 3.45.